The van der Waals surface area contributed by atoms with Gasteiger partial charge in [-0.15, -0.1) is 5.10 Å². The molecule has 8 heteroatoms. The van der Waals surface area contributed by atoms with E-state index in [4.69, 9.17) is 17.2 Å². The van der Waals surface area contributed by atoms with E-state index < -0.39 is 11.8 Å². The SMILES string of the molecule is NCc1ccc(F)c(N(C(N)=O)c2ccc(-c3cccc4c3c(N)nn4-c3ccccc3)cc2)c1. The molecule has 35 heavy (non-hydrogen) atoms. The first-order chi connectivity index (χ1) is 17.0. The predicted octanol–water partition coefficient (Wildman–Crippen LogP) is 5.09. The highest BCUT2D eigenvalue weighted by atomic mass is 19.1. The minimum Gasteiger partial charge on any atom is -0.382 e. The number of anilines is 3. The minimum absolute atomic E-state index is 0.0451. The molecule has 0 saturated carbocycles. The van der Waals surface area contributed by atoms with Gasteiger partial charge in [-0.25, -0.2) is 13.9 Å². The van der Waals surface area contributed by atoms with Crippen molar-refractivity contribution >= 4 is 34.1 Å². The lowest BCUT2D eigenvalue weighted by Gasteiger charge is -2.22. The number of hydrogen-bond donors (Lipinski definition) is 3. The predicted molar refractivity (Wildman–Crippen MR) is 137 cm³/mol. The monoisotopic (exact) mass is 466 g/mol. The summed E-state index contributed by atoms with van der Waals surface area (Å²) in [5.74, 6) is -0.168. The van der Waals surface area contributed by atoms with Crippen LogP contribution < -0.4 is 22.1 Å². The Labute approximate surface area is 201 Å². The highest BCUT2D eigenvalue weighted by molar-refractivity contribution is 6.03. The summed E-state index contributed by atoms with van der Waals surface area (Å²) in [6.07, 6.45) is 0. The summed E-state index contributed by atoms with van der Waals surface area (Å²) in [5, 5.41) is 5.37. The maximum atomic E-state index is 14.6. The van der Waals surface area contributed by atoms with E-state index in [2.05, 4.69) is 5.10 Å². The third kappa shape index (κ3) is 3.96. The topological polar surface area (TPSA) is 116 Å². The number of rotatable bonds is 5. The van der Waals surface area contributed by atoms with Crippen LogP contribution in [0.25, 0.3) is 27.7 Å². The molecule has 0 aliphatic carbocycles. The molecule has 1 heterocycles. The standard InChI is InChI=1S/C27H23FN6O/c28-22-14-9-17(16-29)15-24(22)33(27(31)35)19-12-10-18(11-13-19)21-7-4-8-23-25(21)26(30)32-34(23)20-5-2-1-3-6-20/h1-15H,16,29H2,(H2,30,32)(H2,31,35). The van der Waals surface area contributed by atoms with Crippen LogP contribution in [0.5, 0.6) is 0 Å². The number of carbonyl (C=O) groups is 1. The molecule has 6 N–H and O–H groups in total. The molecule has 7 nitrogen and oxygen atoms in total. The van der Waals surface area contributed by atoms with Crippen LogP contribution in [0.2, 0.25) is 0 Å². The van der Waals surface area contributed by atoms with Gasteiger partial charge in [-0.2, -0.15) is 0 Å². The fourth-order valence-corrected chi connectivity index (χ4v) is 4.24. The molecule has 1 aromatic heterocycles. The van der Waals surface area contributed by atoms with Gasteiger partial charge in [0.2, 0.25) is 0 Å². The number of nitrogen functional groups attached to an aromatic ring is 1. The van der Waals surface area contributed by atoms with E-state index in [1.54, 1.807) is 18.2 Å². The fourth-order valence-electron chi connectivity index (χ4n) is 4.24. The van der Waals surface area contributed by atoms with Crippen LogP contribution in [0, 0.1) is 5.82 Å². The lowest BCUT2D eigenvalue weighted by molar-refractivity contribution is 0.256. The number of nitrogens with two attached hydrogens (primary N) is 3. The zero-order valence-electron chi connectivity index (χ0n) is 18.7. The minimum atomic E-state index is -0.804. The molecule has 4 aromatic carbocycles. The van der Waals surface area contributed by atoms with Crippen molar-refractivity contribution < 1.29 is 9.18 Å². The van der Waals surface area contributed by atoms with Crippen molar-refractivity contribution in [1.82, 2.24) is 9.78 Å². The smallest absolute Gasteiger partial charge is 0.323 e. The van der Waals surface area contributed by atoms with Crippen LogP contribution in [0.3, 0.4) is 0 Å². The van der Waals surface area contributed by atoms with Crippen molar-refractivity contribution in [2.75, 3.05) is 10.6 Å². The summed E-state index contributed by atoms with van der Waals surface area (Å²) in [5.41, 5.74) is 22.3. The summed E-state index contributed by atoms with van der Waals surface area (Å²) >= 11 is 0. The second kappa shape index (κ2) is 8.92. The van der Waals surface area contributed by atoms with Gasteiger partial charge in [-0.3, -0.25) is 4.90 Å². The summed E-state index contributed by atoms with van der Waals surface area (Å²) in [4.78, 5) is 13.4. The Morgan fingerprint density at radius 2 is 1.69 bits per heavy atom. The number of halogens is 1. The van der Waals surface area contributed by atoms with Gasteiger partial charge in [0, 0.05) is 6.54 Å². The van der Waals surface area contributed by atoms with E-state index in [1.165, 1.54) is 12.1 Å². The molecule has 0 atom stereocenters. The number of urea groups is 1. The third-order valence-electron chi connectivity index (χ3n) is 5.88. The normalized spacial score (nSPS) is 11.0. The molecule has 0 fully saturated rings. The van der Waals surface area contributed by atoms with Crippen LogP contribution in [-0.4, -0.2) is 15.8 Å². The van der Waals surface area contributed by atoms with Gasteiger partial charge in [0.05, 0.1) is 28.0 Å². The summed E-state index contributed by atoms with van der Waals surface area (Å²) < 4.78 is 16.4. The molecule has 0 bridgehead atoms. The van der Waals surface area contributed by atoms with Crippen molar-refractivity contribution in [1.29, 1.82) is 0 Å². The van der Waals surface area contributed by atoms with E-state index >= 15 is 0 Å². The Morgan fingerprint density at radius 3 is 2.37 bits per heavy atom. The van der Waals surface area contributed by atoms with Crippen LogP contribution in [0.1, 0.15) is 5.56 Å². The van der Waals surface area contributed by atoms with Gasteiger partial charge in [0.25, 0.3) is 0 Å². The van der Waals surface area contributed by atoms with Gasteiger partial charge >= 0.3 is 6.03 Å². The highest BCUT2D eigenvalue weighted by Crippen LogP contribution is 2.36. The van der Waals surface area contributed by atoms with Gasteiger partial charge < -0.3 is 17.2 Å². The van der Waals surface area contributed by atoms with Crippen LogP contribution in [0.4, 0.5) is 26.4 Å². The van der Waals surface area contributed by atoms with Crippen molar-refractivity contribution in [3.05, 3.63) is 102 Å². The van der Waals surface area contributed by atoms with E-state index in [-0.39, 0.29) is 12.2 Å². The average Bonchev–Trinajstić information content (AvgIpc) is 3.23. The van der Waals surface area contributed by atoms with Gasteiger partial charge in [-0.1, -0.05) is 48.5 Å². The number of para-hydroxylation sites is 1. The molecule has 0 spiro atoms. The fraction of sp³-hybridized carbons (Fsp3) is 0.0370. The van der Waals surface area contributed by atoms with E-state index in [9.17, 15) is 9.18 Å². The van der Waals surface area contributed by atoms with Crippen molar-refractivity contribution in [2.24, 2.45) is 11.5 Å². The molecular formula is C27H23FN6O. The highest BCUT2D eigenvalue weighted by Gasteiger charge is 2.20. The van der Waals surface area contributed by atoms with Crippen LogP contribution in [-0.2, 0) is 6.54 Å². The Bertz CT molecular complexity index is 1530. The number of nitrogens with zero attached hydrogens (tertiary/aromatic N) is 3. The molecule has 5 rings (SSSR count). The number of amides is 2. The second-order valence-electron chi connectivity index (χ2n) is 8.04. The maximum absolute atomic E-state index is 14.6. The van der Waals surface area contributed by atoms with E-state index in [0.717, 1.165) is 32.6 Å². The maximum Gasteiger partial charge on any atom is 0.323 e. The van der Waals surface area contributed by atoms with Crippen LogP contribution in [0.15, 0.2) is 91.0 Å². The number of benzene rings is 4. The lowest BCUT2D eigenvalue weighted by Crippen LogP contribution is -2.32. The van der Waals surface area contributed by atoms with E-state index in [1.807, 2.05) is 65.3 Å². The Kier molecular flexibility index (Phi) is 5.64. The Balaban J connectivity index is 1.58. The average molecular weight is 467 g/mol. The van der Waals surface area contributed by atoms with Crippen LogP contribution >= 0.6 is 0 Å². The number of primary amides is 1. The molecule has 0 radical (unpaired) electrons. The number of aromatic nitrogens is 2. The molecule has 2 amide bonds. The van der Waals surface area contributed by atoms with Crippen molar-refractivity contribution in [3.63, 3.8) is 0 Å². The third-order valence-corrected chi connectivity index (χ3v) is 5.88. The molecular weight excluding hydrogens is 443 g/mol. The summed E-state index contributed by atoms with van der Waals surface area (Å²) in [6, 6.07) is 26.3. The van der Waals surface area contributed by atoms with Gasteiger partial charge in [0.15, 0.2) is 5.82 Å². The Hall–Kier alpha value is -4.69. The molecule has 0 saturated heterocycles. The first-order valence-corrected chi connectivity index (χ1v) is 11.0. The number of fused-ring (bicyclic) bond motifs is 1. The first-order valence-electron chi connectivity index (χ1n) is 11.0. The quantitative estimate of drug-likeness (QED) is 0.334. The zero-order chi connectivity index (χ0) is 24.5. The van der Waals surface area contributed by atoms with Gasteiger partial charge in [-0.05, 0) is 59.2 Å². The second-order valence-corrected chi connectivity index (χ2v) is 8.04. The van der Waals surface area contributed by atoms with Gasteiger partial charge in [0.1, 0.15) is 5.82 Å². The molecule has 0 aliphatic rings. The summed E-state index contributed by atoms with van der Waals surface area (Å²) in [6.45, 7) is 0.209. The summed E-state index contributed by atoms with van der Waals surface area (Å²) in [7, 11) is 0. The lowest BCUT2D eigenvalue weighted by atomic mass is 10.0. The molecule has 0 unspecified atom stereocenters. The van der Waals surface area contributed by atoms with Crippen molar-refractivity contribution in [2.45, 2.75) is 6.54 Å². The number of carbonyl (C=O) groups excluding carboxylic acids is 1. The first kappa shape index (κ1) is 22.1. The van der Waals surface area contributed by atoms with Crippen molar-refractivity contribution in [3.8, 4) is 16.8 Å². The van der Waals surface area contributed by atoms with E-state index in [0.29, 0.717) is 17.1 Å². The molecule has 5 aromatic rings. The molecule has 174 valence electrons. The zero-order valence-corrected chi connectivity index (χ0v) is 18.7. The number of hydrogen-bond acceptors (Lipinski definition) is 4. The Morgan fingerprint density at radius 1 is 0.943 bits per heavy atom. The molecule has 0 aliphatic heterocycles. The largest absolute Gasteiger partial charge is 0.382 e.